The van der Waals surface area contributed by atoms with Gasteiger partial charge in [0, 0.05) is 20.0 Å². The molecule has 1 aliphatic heterocycles. The van der Waals surface area contributed by atoms with E-state index in [2.05, 4.69) is 10.3 Å². The third-order valence-corrected chi connectivity index (χ3v) is 3.90. The molecule has 0 aliphatic carbocycles. The first-order valence-corrected chi connectivity index (χ1v) is 7.50. The Bertz CT molecular complexity index is 626. The van der Waals surface area contributed by atoms with Crippen LogP contribution in [0.15, 0.2) is 36.5 Å². The fourth-order valence-corrected chi connectivity index (χ4v) is 2.65. The molecule has 2 heterocycles. The van der Waals surface area contributed by atoms with E-state index < -0.39 is 0 Å². The smallest absolute Gasteiger partial charge is 0.219 e. The summed E-state index contributed by atoms with van der Waals surface area (Å²) in [6.45, 7) is 4.11. The second-order valence-corrected chi connectivity index (χ2v) is 5.58. The van der Waals surface area contributed by atoms with Crippen LogP contribution in [0.1, 0.15) is 30.6 Å². The van der Waals surface area contributed by atoms with Crippen LogP contribution < -0.4 is 0 Å². The van der Waals surface area contributed by atoms with E-state index in [9.17, 15) is 4.79 Å². The average Bonchev–Trinajstić information content (AvgIpc) is 3.17. The second kappa shape index (κ2) is 6.70. The van der Waals surface area contributed by atoms with E-state index in [-0.39, 0.29) is 11.9 Å². The summed E-state index contributed by atoms with van der Waals surface area (Å²) < 4.78 is 7.51. The lowest BCUT2D eigenvalue weighted by molar-refractivity contribution is -0.127. The zero-order chi connectivity index (χ0) is 15.4. The van der Waals surface area contributed by atoms with Gasteiger partial charge in [0.1, 0.15) is 5.69 Å². The summed E-state index contributed by atoms with van der Waals surface area (Å²) in [5.41, 5.74) is 1.96. The largest absolute Gasteiger partial charge is 0.370 e. The molecule has 6 nitrogen and oxygen atoms in total. The lowest BCUT2D eigenvalue weighted by Crippen LogP contribution is -2.26. The Morgan fingerprint density at radius 1 is 1.32 bits per heavy atom. The third kappa shape index (κ3) is 3.51. The Kier molecular flexibility index (Phi) is 4.48. The summed E-state index contributed by atoms with van der Waals surface area (Å²) in [5.74, 6) is 0.119. The van der Waals surface area contributed by atoms with Crippen molar-refractivity contribution < 1.29 is 9.53 Å². The summed E-state index contributed by atoms with van der Waals surface area (Å²) in [6, 6.07) is 10.3. The van der Waals surface area contributed by atoms with Gasteiger partial charge in [0.05, 0.1) is 25.5 Å². The molecule has 0 radical (unpaired) electrons. The van der Waals surface area contributed by atoms with Crippen molar-refractivity contribution in [3.8, 4) is 0 Å². The zero-order valence-corrected chi connectivity index (χ0v) is 12.7. The molecule has 0 N–H and O–H groups in total. The number of hydrogen-bond donors (Lipinski definition) is 0. The second-order valence-electron chi connectivity index (χ2n) is 5.58. The Hall–Kier alpha value is -2.21. The fourth-order valence-electron chi connectivity index (χ4n) is 2.65. The van der Waals surface area contributed by atoms with Crippen molar-refractivity contribution in [3.05, 3.63) is 47.8 Å². The predicted octanol–water partition coefficient (Wildman–Crippen LogP) is 1.79. The summed E-state index contributed by atoms with van der Waals surface area (Å²) >= 11 is 0. The lowest BCUT2D eigenvalue weighted by Gasteiger charge is -2.13. The maximum absolute atomic E-state index is 11.4. The number of aromatic nitrogens is 3. The molecule has 1 aromatic carbocycles. The normalized spacial score (nSPS) is 17.9. The molecule has 1 fully saturated rings. The van der Waals surface area contributed by atoms with Crippen molar-refractivity contribution in [1.29, 1.82) is 0 Å². The number of rotatable bonds is 5. The molecule has 1 aliphatic rings. The molecule has 0 bridgehead atoms. The highest BCUT2D eigenvalue weighted by molar-refractivity contribution is 5.73. The van der Waals surface area contributed by atoms with Crippen LogP contribution in [0.3, 0.4) is 0 Å². The number of likely N-dealkylation sites (tertiary alicyclic amines) is 1. The Balaban J connectivity index is 1.50. The van der Waals surface area contributed by atoms with E-state index in [1.54, 1.807) is 6.92 Å². The minimum absolute atomic E-state index is 0.119. The van der Waals surface area contributed by atoms with Crippen LogP contribution in [0.2, 0.25) is 0 Å². The molecule has 116 valence electrons. The van der Waals surface area contributed by atoms with Gasteiger partial charge in [-0.25, -0.2) is 4.68 Å². The summed E-state index contributed by atoms with van der Waals surface area (Å²) in [7, 11) is 0. The highest BCUT2D eigenvalue weighted by Crippen LogP contribution is 2.20. The molecule has 1 unspecified atom stereocenters. The van der Waals surface area contributed by atoms with Crippen molar-refractivity contribution in [2.45, 2.75) is 32.6 Å². The van der Waals surface area contributed by atoms with Crippen LogP contribution >= 0.6 is 0 Å². The first-order chi connectivity index (χ1) is 10.7. The summed E-state index contributed by atoms with van der Waals surface area (Å²) in [6.07, 6.45) is 2.84. The number of nitrogens with zero attached hydrogens (tertiary/aromatic N) is 4. The van der Waals surface area contributed by atoms with Crippen LogP contribution in [0.4, 0.5) is 0 Å². The van der Waals surface area contributed by atoms with E-state index in [1.165, 1.54) is 0 Å². The number of hydrogen-bond acceptors (Lipinski definition) is 4. The lowest BCUT2D eigenvalue weighted by atomic mass is 10.2. The summed E-state index contributed by atoms with van der Waals surface area (Å²) in [5, 5.41) is 8.31. The van der Waals surface area contributed by atoms with E-state index >= 15 is 0 Å². The van der Waals surface area contributed by atoms with Crippen LogP contribution in [0.25, 0.3) is 0 Å². The number of ether oxygens (including phenoxy) is 1. The van der Waals surface area contributed by atoms with Gasteiger partial charge in [0.2, 0.25) is 5.91 Å². The molecular formula is C16H20N4O2. The van der Waals surface area contributed by atoms with Crippen molar-refractivity contribution in [2.75, 3.05) is 13.1 Å². The van der Waals surface area contributed by atoms with Gasteiger partial charge in [-0.1, -0.05) is 35.5 Å². The number of benzene rings is 1. The molecule has 1 atom stereocenters. The van der Waals surface area contributed by atoms with Gasteiger partial charge in [-0.2, -0.15) is 0 Å². The van der Waals surface area contributed by atoms with E-state index in [1.807, 2.05) is 46.1 Å². The molecular weight excluding hydrogens is 280 g/mol. The minimum atomic E-state index is 0.119. The standard InChI is InChI=1S/C16H20N4O2/c1-13(21)19-8-7-16(10-19)20-9-15(17-18-20)12-22-11-14-5-3-2-4-6-14/h2-6,9,16H,7-8,10-12H2,1H3. The van der Waals surface area contributed by atoms with Crippen molar-refractivity contribution in [1.82, 2.24) is 19.9 Å². The SMILES string of the molecule is CC(=O)N1CCC(n2cc(COCc3ccccc3)nn2)C1. The van der Waals surface area contributed by atoms with Crippen molar-refractivity contribution in [2.24, 2.45) is 0 Å². The van der Waals surface area contributed by atoms with Crippen LogP contribution in [0, 0.1) is 0 Å². The quantitative estimate of drug-likeness (QED) is 0.844. The average molecular weight is 300 g/mol. The Morgan fingerprint density at radius 2 is 2.14 bits per heavy atom. The predicted molar refractivity (Wildman–Crippen MR) is 80.9 cm³/mol. The van der Waals surface area contributed by atoms with Crippen LogP contribution in [-0.2, 0) is 22.7 Å². The maximum atomic E-state index is 11.4. The first kappa shape index (κ1) is 14.7. The van der Waals surface area contributed by atoms with Gasteiger partial charge in [0.25, 0.3) is 0 Å². The van der Waals surface area contributed by atoms with Gasteiger partial charge >= 0.3 is 0 Å². The number of carbonyl (C=O) groups excluding carboxylic acids is 1. The highest BCUT2D eigenvalue weighted by atomic mass is 16.5. The highest BCUT2D eigenvalue weighted by Gasteiger charge is 2.26. The molecule has 3 rings (SSSR count). The Labute approximate surface area is 129 Å². The van der Waals surface area contributed by atoms with E-state index in [4.69, 9.17) is 4.74 Å². The van der Waals surface area contributed by atoms with Crippen LogP contribution in [0.5, 0.6) is 0 Å². The van der Waals surface area contributed by atoms with Gasteiger partial charge in [-0.3, -0.25) is 4.79 Å². The zero-order valence-electron chi connectivity index (χ0n) is 12.7. The molecule has 0 spiro atoms. The Morgan fingerprint density at radius 3 is 2.86 bits per heavy atom. The molecule has 1 saturated heterocycles. The monoisotopic (exact) mass is 300 g/mol. The molecule has 1 amide bonds. The third-order valence-electron chi connectivity index (χ3n) is 3.90. The number of carbonyl (C=O) groups is 1. The maximum Gasteiger partial charge on any atom is 0.219 e. The minimum Gasteiger partial charge on any atom is -0.370 e. The van der Waals surface area contributed by atoms with E-state index in [0.29, 0.717) is 19.8 Å². The molecule has 1 aromatic heterocycles. The van der Waals surface area contributed by atoms with Crippen molar-refractivity contribution in [3.63, 3.8) is 0 Å². The van der Waals surface area contributed by atoms with E-state index in [0.717, 1.165) is 24.2 Å². The molecule has 0 saturated carbocycles. The van der Waals surface area contributed by atoms with Gasteiger partial charge in [-0.15, -0.1) is 5.10 Å². The van der Waals surface area contributed by atoms with Crippen molar-refractivity contribution >= 4 is 5.91 Å². The molecule has 6 heteroatoms. The van der Waals surface area contributed by atoms with Gasteiger partial charge in [0.15, 0.2) is 0 Å². The number of amides is 1. The molecule has 2 aromatic rings. The molecule has 22 heavy (non-hydrogen) atoms. The summed E-state index contributed by atoms with van der Waals surface area (Å²) in [4.78, 5) is 13.2. The topological polar surface area (TPSA) is 60.2 Å². The fraction of sp³-hybridized carbons (Fsp3) is 0.438. The van der Waals surface area contributed by atoms with Gasteiger partial charge < -0.3 is 9.64 Å². The van der Waals surface area contributed by atoms with Gasteiger partial charge in [-0.05, 0) is 12.0 Å². The van der Waals surface area contributed by atoms with Crippen LogP contribution in [-0.4, -0.2) is 38.9 Å². The first-order valence-electron chi connectivity index (χ1n) is 7.50.